The zero-order valence-corrected chi connectivity index (χ0v) is 57.6. The van der Waals surface area contributed by atoms with E-state index in [0.29, 0.717) is 6.42 Å². The molecular weight excluding hydrogens is 1080 g/mol. The fraction of sp³-hybridized carbons (Fsp3) is 0.622. The first kappa shape index (κ1) is 72.4. The summed E-state index contributed by atoms with van der Waals surface area (Å²) in [5.41, 5.74) is 5.58. The zero-order chi connectivity index (χ0) is 65.7. The first-order valence-corrected chi connectivity index (χ1v) is 30.9. The van der Waals surface area contributed by atoms with Crippen molar-refractivity contribution in [2.45, 2.75) is 261 Å². The van der Waals surface area contributed by atoms with Crippen LogP contribution in [0.2, 0.25) is 0 Å². The van der Waals surface area contributed by atoms with Gasteiger partial charge in [0.2, 0.25) is 0 Å². The largest absolute Gasteiger partial charge is 0.507 e. The molecule has 0 unspecified atom stereocenters. The number of hydrogen-bond acceptors (Lipinski definition) is 12. The molecule has 0 aliphatic heterocycles. The van der Waals surface area contributed by atoms with E-state index in [1.165, 1.54) is 0 Å². The minimum Gasteiger partial charge on any atom is -0.507 e. The van der Waals surface area contributed by atoms with Crippen LogP contribution >= 0.6 is 0 Å². The maximum Gasteiger partial charge on any atom is 0.306 e. The number of ether oxygens (including phenoxy) is 5. The molecule has 0 aliphatic rings. The maximum atomic E-state index is 14.2. The third-order valence-electron chi connectivity index (χ3n) is 16.0. The van der Waals surface area contributed by atoms with Crippen LogP contribution in [0.15, 0.2) is 48.5 Å². The third-order valence-corrected chi connectivity index (χ3v) is 16.0. The molecule has 0 radical (unpaired) electrons. The number of methoxy groups -OCH3 is 1. The van der Waals surface area contributed by atoms with Gasteiger partial charge in [0, 0.05) is 36.8 Å². The molecule has 0 heterocycles. The van der Waals surface area contributed by atoms with Gasteiger partial charge in [-0.15, -0.1) is 0 Å². The molecule has 86 heavy (non-hydrogen) atoms. The van der Waals surface area contributed by atoms with Crippen LogP contribution in [0.5, 0.6) is 23.0 Å². The van der Waals surface area contributed by atoms with Crippen molar-refractivity contribution in [3.05, 3.63) is 115 Å². The van der Waals surface area contributed by atoms with Gasteiger partial charge >= 0.3 is 23.9 Å². The number of benzene rings is 4. The van der Waals surface area contributed by atoms with E-state index in [2.05, 4.69) is 53.7 Å². The van der Waals surface area contributed by atoms with E-state index in [-0.39, 0.29) is 73.0 Å². The number of carbonyl (C=O) groups is 4. The smallest absolute Gasteiger partial charge is 0.306 e. The predicted octanol–water partition coefficient (Wildman–Crippen LogP) is 16.2. The summed E-state index contributed by atoms with van der Waals surface area (Å²) in [5.74, 6) is -0.816. The highest BCUT2D eigenvalue weighted by Crippen LogP contribution is 2.45. The lowest BCUT2D eigenvalue weighted by Gasteiger charge is -2.32. The second-order valence-electron chi connectivity index (χ2n) is 32.5. The summed E-state index contributed by atoms with van der Waals surface area (Å²) in [7, 11) is 1.68. The molecule has 0 spiro atoms. The van der Waals surface area contributed by atoms with Crippen LogP contribution < -0.4 is 4.74 Å². The summed E-state index contributed by atoms with van der Waals surface area (Å²) < 4.78 is 30.5. The average Bonchev–Trinajstić information content (AvgIpc) is 1.62. The molecule has 0 aromatic heterocycles. The number of aryl methyl sites for hydroxylation is 4. The summed E-state index contributed by atoms with van der Waals surface area (Å²) in [6, 6.07) is 15.7. The van der Waals surface area contributed by atoms with E-state index < -0.39 is 88.2 Å². The summed E-state index contributed by atoms with van der Waals surface area (Å²) in [5, 5.41) is 34.3. The Bertz CT molecular complexity index is 2660. The number of rotatable bonds is 21. The van der Waals surface area contributed by atoms with Gasteiger partial charge in [0.05, 0.1) is 7.11 Å². The Labute approximate surface area is 517 Å². The van der Waals surface area contributed by atoms with Crippen LogP contribution in [-0.4, -0.2) is 72.7 Å². The average molecular weight is 1190 g/mol. The molecule has 12 nitrogen and oxygen atoms in total. The first-order chi connectivity index (χ1) is 39.0. The molecule has 3 N–H and O–H groups in total. The molecule has 4 aromatic carbocycles. The van der Waals surface area contributed by atoms with E-state index in [1.807, 2.05) is 161 Å². The lowest BCUT2D eigenvalue weighted by atomic mass is 9.78. The molecule has 4 rings (SSSR count). The topological polar surface area (TPSA) is 175 Å². The van der Waals surface area contributed by atoms with Crippen molar-refractivity contribution in [1.29, 1.82) is 0 Å². The second kappa shape index (κ2) is 27.1. The molecule has 0 saturated heterocycles. The van der Waals surface area contributed by atoms with Crippen LogP contribution in [0.1, 0.15) is 259 Å². The van der Waals surface area contributed by atoms with Crippen molar-refractivity contribution in [2.24, 2.45) is 5.41 Å². The molecule has 0 amide bonds. The van der Waals surface area contributed by atoms with Gasteiger partial charge in [-0.25, -0.2) is 0 Å². The number of carbonyl (C=O) groups excluding carboxylic acids is 4. The fourth-order valence-electron chi connectivity index (χ4n) is 10.6. The molecule has 478 valence electrons. The lowest BCUT2D eigenvalue weighted by Crippen LogP contribution is -2.44. The lowest BCUT2D eigenvalue weighted by molar-refractivity contribution is -0.170. The minimum atomic E-state index is -1.57. The molecular formula is C74H110O12. The van der Waals surface area contributed by atoms with Gasteiger partial charge in [-0.1, -0.05) is 215 Å². The standard InChI is InChI=1S/C74H110O12/c1-66(2,3)50-34-46(35-51(62(50)79)67(4,5)6)26-30-58(75)83-42-74(43-84-59(76)31-27-47-36-52(68(7,8)9)63(80)53(37-47)69(10,11)12,44-85-60(77)32-28-48-38-54(70(13,14)15)64(81)55(39-48)71(16,17)18)45-86-61(78)33-29-49-40-56(72(19,20)21)65(82-25)57(41-49)73(22,23)24/h34-41,79-81H,26-33,42-45H2,1-25H3. The minimum absolute atomic E-state index is 0.0197. The number of aromatic hydroxyl groups is 3. The van der Waals surface area contributed by atoms with Gasteiger partial charge in [-0.2, -0.15) is 0 Å². The molecule has 0 aliphatic carbocycles. The van der Waals surface area contributed by atoms with E-state index in [4.69, 9.17) is 23.7 Å². The van der Waals surface area contributed by atoms with Crippen LogP contribution in [0.25, 0.3) is 0 Å². The van der Waals surface area contributed by atoms with Crippen LogP contribution in [0, 0.1) is 5.41 Å². The number of phenols is 3. The first-order valence-electron chi connectivity index (χ1n) is 30.9. The number of phenolic OH excluding ortho intramolecular Hbond substituents is 3. The van der Waals surface area contributed by atoms with Crippen molar-refractivity contribution < 1.29 is 58.2 Å². The molecule has 4 aromatic rings. The van der Waals surface area contributed by atoms with E-state index in [9.17, 15) is 34.5 Å². The highest BCUT2D eigenvalue weighted by atomic mass is 16.6. The summed E-state index contributed by atoms with van der Waals surface area (Å²) >= 11 is 0. The SMILES string of the molecule is COc1c(C(C)(C)C)cc(CCC(=O)OCC(COC(=O)CCc2cc(C(C)(C)C)c(O)c(C(C)(C)C)c2)(COC(=O)CCc2cc(C(C)(C)C)c(O)c(C(C)(C)C)c2)COC(=O)CCc2cc(C(C)(C)C)c(O)c(C(C)(C)C)c2)cc1C(C)(C)C. The van der Waals surface area contributed by atoms with Gasteiger partial charge in [-0.05, 0) is 125 Å². The molecule has 12 heteroatoms. The molecule has 0 bridgehead atoms. The molecule has 0 fully saturated rings. The van der Waals surface area contributed by atoms with Gasteiger partial charge in [0.25, 0.3) is 0 Å². The van der Waals surface area contributed by atoms with Gasteiger partial charge in [0.15, 0.2) is 0 Å². The van der Waals surface area contributed by atoms with Crippen LogP contribution in [0.3, 0.4) is 0 Å². The Balaban J connectivity index is 1.77. The van der Waals surface area contributed by atoms with Crippen LogP contribution in [-0.2, 0) is 107 Å². The quantitative estimate of drug-likeness (QED) is 0.0533. The molecule has 0 saturated carbocycles. The van der Waals surface area contributed by atoms with E-state index >= 15 is 0 Å². The highest BCUT2D eigenvalue weighted by Gasteiger charge is 2.39. The highest BCUT2D eigenvalue weighted by molar-refractivity contribution is 5.72. The van der Waals surface area contributed by atoms with Crippen molar-refractivity contribution >= 4 is 23.9 Å². The van der Waals surface area contributed by atoms with Gasteiger partial charge < -0.3 is 39.0 Å². The Morgan fingerprint density at radius 1 is 0.302 bits per heavy atom. The van der Waals surface area contributed by atoms with Crippen molar-refractivity contribution in [1.82, 2.24) is 0 Å². The van der Waals surface area contributed by atoms with Crippen LogP contribution in [0.4, 0.5) is 0 Å². The van der Waals surface area contributed by atoms with E-state index in [0.717, 1.165) is 72.5 Å². The normalized spacial score (nSPS) is 13.1. The van der Waals surface area contributed by atoms with Crippen molar-refractivity contribution in [3.63, 3.8) is 0 Å². The molecule has 0 atom stereocenters. The Hall–Kier alpha value is -6.04. The maximum absolute atomic E-state index is 14.2. The van der Waals surface area contributed by atoms with Gasteiger partial charge in [-0.3, -0.25) is 19.2 Å². The Morgan fingerprint density at radius 2 is 0.465 bits per heavy atom. The predicted molar refractivity (Wildman–Crippen MR) is 346 cm³/mol. The summed E-state index contributed by atoms with van der Waals surface area (Å²) in [6.07, 6.45) is 1.01. The van der Waals surface area contributed by atoms with E-state index in [1.54, 1.807) is 7.11 Å². The van der Waals surface area contributed by atoms with Crippen molar-refractivity contribution in [2.75, 3.05) is 33.5 Å². The Kier molecular flexibility index (Phi) is 22.9. The second-order valence-corrected chi connectivity index (χ2v) is 32.5. The van der Waals surface area contributed by atoms with Crippen molar-refractivity contribution in [3.8, 4) is 23.0 Å². The fourth-order valence-corrected chi connectivity index (χ4v) is 10.6. The zero-order valence-electron chi connectivity index (χ0n) is 57.6. The third kappa shape index (κ3) is 20.0. The summed E-state index contributed by atoms with van der Waals surface area (Å²) in [4.78, 5) is 56.6. The number of hydrogen-bond donors (Lipinski definition) is 3. The monoisotopic (exact) mass is 1190 g/mol. The summed E-state index contributed by atoms with van der Waals surface area (Å²) in [6.45, 7) is 47.5. The van der Waals surface area contributed by atoms with Gasteiger partial charge in [0.1, 0.15) is 54.8 Å². The Morgan fingerprint density at radius 3 is 0.616 bits per heavy atom. The number of esters is 4.